The number of benzene rings is 1. The number of nitrogen functional groups attached to an aromatic ring is 2. The second-order valence-electron chi connectivity index (χ2n) is 4.15. The van der Waals surface area contributed by atoms with Crippen LogP contribution < -0.4 is 16.8 Å². The number of aromatic amines is 1. The van der Waals surface area contributed by atoms with Crippen molar-refractivity contribution in [1.29, 1.82) is 0 Å². The predicted molar refractivity (Wildman–Crippen MR) is 71.3 cm³/mol. The molecule has 18 heavy (non-hydrogen) atoms. The van der Waals surface area contributed by atoms with Gasteiger partial charge in [-0.1, -0.05) is 0 Å². The summed E-state index contributed by atoms with van der Waals surface area (Å²) in [5.74, 6) is -0.262. The SMILES string of the molecule is Cc1n[nH]c(C)c1NC(=O)c1cc(N)cc(N)c1. The third-order valence-electron chi connectivity index (χ3n) is 2.61. The number of H-pyrrole nitrogens is 1. The Hall–Kier alpha value is -2.50. The maximum atomic E-state index is 12.1. The standard InChI is InChI=1S/C12H15N5O/c1-6-11(7(2)17-16-6)15-12(18)8-3-9(13)5-10(14)4-8/h3-5H,13-14H2,1-2H3,(H,15,18)(H,16,17). The van der Waals surface area contributed by atoms with Gasteiger partial charge in [0.1, 0.15) is 0 Å². The van der Waals surface area contributed by atoms with Crippen molar-refractivity contribution in [1.82, 2.24) is 10.2 Å². The van der Waals surface area contributed by atoms with Crippen LogP contribution in [0.4, 0.5) is 17.1 Å². The average Bonchev–Trinajstić information content (AvgIpc) is 2.59. The molecule has 0 aliphatic heterocycles. The molecule has 6 nitrogen and oxygen atoms in total. The Morgan fingerprint density at radius 2 is 1.83 bits per heavy atom. The number of rotatable bonds is 2. The number of amides is 1. The van der Waals surface area contributed by atoms with Crippen molar-refractivity contribution in [2.45, 2.75) is 13.8 Å². The summed E-state index contributed by atoms with van der Waals surface area (Å²) >= 11 is 0. The topological polar surface area (TPSA) is 110 Å². The van der Waals surface area contributed by atoms with Crippen LogP contribution in [0.25, 0.3) is 0 Å². The van der Waals surface area contributed by atoms with E-state index in [1.165, 1.54) is 0 Å². The van der Waals surface area contributed by atoms with Gasteiger partial charge in [-0.05, 0) is 32.0 Å². The van der Waals surface area contributed by atoms with Crippen molar-refractivity contribution in [2.24, 2.45) is 0 Å². The van der Waals surface area contributed by atoms with E-state index < -0.39 is 0 Å². The van der Waals surface area contributed by atoms with Crippen molar-refractivity contribution in [3.63, 3.8) is 0 Å². The molecule has 0 fully saturated rings. The number of carbonyl (C=O) groups is 1. The fourth-order valence-electron chi connectivity index (χ4n) is 1.73. The molecular weight excluding hydrogens is 230 g/mol. The molecule has 1 aromatic heterocycles. The number of aromatic nitrogens is 2. The fraction of sp³-hybridized carbons (Fsp3) is 0.167. The number of nitrogens with zero attached hydrogens (tertiary/aromatic N) is 1. The Labute approximate surface area is 104 Å². The van der Waals surface area contributed by atoms with Gasteiger partial charge >= 0.3 is 0 Å². The molecule has 2 aromatic rings. The first-order valence-corrected chi connectivity index (χ1v) is 5.46. The highest BCUT2D eigenvalue weighted by atomic mass is 16.1. The van der Waals surface area contributed by atoms with Crippen molar-refractivity contribution >= 4 is 23.0 Å². The van der Waals surface area contributed by atoms with Crippen LogP contribution in [0, 0.1) is 13.8 Å². The van der Waals surface area contributed by atoms with E-state index in [0.717, 1.165) is 11.4 Å². The Bertz CT molecular complexity index is 563. The number of hydrogen-bond donors (Lipinski definition) is 4. The highest BCUT2D eigenvalue weighted by Gasteiger charge is 2.12. The van der Waals surface area contributed by atoms with E-state index in [1.807, 2.05) is 13.8 Å². The monoisotopic (exact) mass is 245 g/mol. The van der Waals surface area contributed by atoms with Crippen molar-refractivity contribution in [3.05, 3.63) is 35.2 Å². The van der Waals surface area contributed by atoms with Crippen LogP contribution in [0.1, 0.15) is 21.7 Å². The van der Waals surface area contributed by atoms with Gasteiger partial charge in [-0.15, -0.1) is 0 Å². The summed E-state index contributed by atoms with van der Waals surface area (Å²) < 4.78 is 0. The lowest BCUT2D eigenvalue weighted by atomic mass is 10.1. The Balaban J connectivity index is 2.27. The molecule has 2 rings (SSSR count). The van der Waals surface area contributed by atoms with E-state index in [0.29, 0.717) is 22.6 Å². The molecule has 0 atom stereocenters. The molecule has 0 spiro atoms. The molecule has 0 saturated heterocycles. The smallest absolute Gasteiger partial charge is 0.255 e. The number of carbonyl (C=O) groups excluding carboxylic acids is 1. The zero-order chi connectivity index (χ0) is 13.3. The first kappa shape index (κ1) is 12.0. The fourth-order valence-corrected chi connectivity index (χ4v) is 1.73. The Morgan fingerprint density at radius 3 is 2.33 bits per heavy atom. The van der Waals surface area contributed by atoms with Gasteiger partial charge in [0.2, 0.25) is 0 Å². The molecule has 0 aliphatic rings. The summed E-state index contributed by atoms with van der Waals surface area (Å²) in [4.78, 5) is 12.1. The summed E-state index contributed by atoms with van der Waals surface area (Å²) in [5, 5.41) is 9.60. The second-order valence-corrected chi connectivity index (χ2v) is 4.15. The molecular formula is C12H15N5O. The molecule has 1 heterocycles. The summed E-state index contributed by atoms with van der Waals surface area (Å²) in [7, 11) is 0. The summed E-state index contributed by atoms with van der Waals surface area (Å²) in [5.41, 5.74) is 14.9. The van der Waals surface area contributed by atoms with E-state index in [-0.39, 0.29) is 5.91 Å². The van der Waals surface area contributed by atoms with Crippen LogP contribution in [-0.2, 0) is 0 Å². The van der Waals surface area contributed by atoms with E-state index in [1.54, 1.807) is 18.2 Å². The molecule has 0 unspecified atom stereocenters. The molecule has 6 N–H and O–H groups in total. The first-order valence-electron chi connectivity index (χ1n) is 5.46. The lowest BCUT2D eigenvalue weighted by Gasteiger charge is -2.07. The van der Waals surface area contributed by atoms with Crippen molar-refractivity contribution < 1.29 is 4.79 Å². The highest BCUT2D eigenvalue weighted by molar-refractivity contribution is 6.05. The minimum absolute atomic E-state index is 0.262. The zero-order valence-electron chi connectivity index (χ0n) is 10.2. The third-order valence-corrected chi connectivity index (χ3v) is 2.61. The average molecular weight is 245 g/mol. The van der Waals surface area contributed by atoms with Gasteiger partial charge in [0.15, 0.2) is 0 Å². The van der Waals surface area contributed by atoms with Crippen molar-refractivity contribution in [3.8, 4) is 0 Å². The van der Waals surface area contributed by atoms with Crippen molar-refractivity contribution in [2.75, 3.05) is 16.8 Å². The van der Waals surface area contributed by atoms with Gasteiger partial charge in [-0.2, -0.15) is 5.10 Å². The van der Waals surface area contributed by atoms with Gasteiger partial charge in [-0.25, -0.2) is 0 Å². The summed E-state index contributed by atoms with van der Waals surface area (Å²) in [6.07, 6.45) is 0. The van der Waals surface area contributed by atoms with Gasteiger partial charge < -0.3 is 16.8 Å². The number of anilines is 3. The molecule has 0 saturated carbocycles. The van der Waals surface area contributed by atoms with Gasteiger partial charge in [0, 0.05) is 16.9 Å². The summed E-state index contributed by atoms with van der Waals surface area (Å²) in [6, 6.07) is 4.76. The molecule has 0 radical (unpaired) electrons. The van der Waals surface area contributed by atoms with E-state index >= 15 is 0 Å². The van der Waals surface area contributed by atoms with Gasteiger partial charge in [0.25, 0.3) is 5.91 Å². The van der Waals surface area contributed by atoms with E-state index in [4.69, 9.17) is 11.5 Å². The maximum absolute atomic E-state index is 12.1. The second kappa shape index (κ2) is 4.40. The highest BCUT2D eigenvalue weighted by Crippen LogP contribution is 2.19. The molecule has 0 bridgehead atoms. The zero-order valence-corrected chi connectivity index (χ0v) is 10.2. The van der Waals surface area contributed by atoms with Crippen LogP contribution in [0.3, 0.4) is 0 Å². The molecule has 1 aromatic carbocycles. The van der Waals surface area contributed by atoms with Crippen LogP contribution in [0.15, 0.2) is 18.2 Å². The van der Waals surface area contributed by atoms with Crippen LogP contribution in [-0.4, -0.2) is 16.1 Å². The Morgan fingerprint density at radius 1 is 1.22 bits per heavy atom. The van der Waals surface area contributed by atoms with E-state index in [2.05, 4.69) is 15.5 Å². The van der Waals surface area contributed by atoms with E-state index in [9.17, 15) is 4.79 Å². The quantitative estimate of drug-likeness (QED) is 0.600. The normalized spacial score (nSPS) is 10.3. The molecule has 6 heteroatoms. The van der Waals surface area contributed by atoms with Crippen LogP contribution >= 0.6 is 0 Å². The molecule has 94 valence electrons. The number of aryl methyl sites for hydroxylation is 2. The predicted octanol–water partition coefficient (Wildman–Crippen LogP) is 1.44. The number of hydrogen-bond acceptors (Lipinski definition) is 4. The molecule has 1 amide bonds. The third kappa shape index (κ3) is 2.27. The molecule has 0 aliphatic carbocycles. The largest absolute Gasteiger partial charge is 0.399 e. The Kier molecular flexibility index (Phi) is 2.93. The summed E-state index contributed by atoms with van der Waals surface area (Å²) in [6.45, 7) is 3.65. The first-order chi connectivity index (χ1) is 8.47. The number of nitrogens with two attached hydrogens (primary N) is 2. The lowest BCUT2D eigenvalue weighted by molar-refractivity contribution is 0.102. The number of nitrogens with one attached hydrogen (secondary N) is 2. The lowest BCUT2D eigenvalue weighted by Crippen LogP contribution is -2.13. The minimum atomic E-state index is -0.262. The van der Waals surface area contributed by atoms with Gasteiger partial charge in [0.05, 0.1) is 17.1 Å². The minimum Gasteiger partial charge on any atom is -0.399 e. The van der Waals surface area contributed by atoms with Gasteiger partial charge in [-0.3, -0.25) is 9.89 Å². The van der Waals surface area contributed by atoms with Crippen LogP contribution in [0.2, 0.25) is 0 Å². The van der Waals surface area contributed by atoms with Crippen LogP contribution in [0.5, 0.6) is 0 Å². The maximum Gasteiger partial charge on any atom is 0.255 e.